The highest BCUT2D eigenvalue weighted by Gasteiger charge is 2.21. The van der Waals surface area contributed by atoms with Crippen molar-refractivity contribution >= 4 is 11.9 Å². The molecule has 4 aromatic rings. The first-order valence-corrected chi connectivity index (χ1v) is 11.3. The van der Waals surface area contributed by atoms with E-state index in [9.17, 15) is 14.0 Å². The Morgan fingerprint density at radius 2 is 1.61 bits per heavy atom. The van der Waals surface area contributed by atoms with E-state index < -0.39 is 23.9 Å². The number of hydrogen-bond donors (Lipinski definition) is 1. The Hall–Kier alpha value is -4.46. The first kappa shape index (κ1) is 24.7. The van der Waals surface area contributed by atoms with Crippen LogP contribution in [-0.4, -0.2) is 22.2 Å². The lowest BCUT2D eigenvalue weighted by Crippen LogP contribution is -2.13. The number of aliphatic carboxylic acids is 1. The third-order valence-corrected chi connectivity index (χ3v) is 5.59. The fourth-order valence-corrected chi connectivity index (χ4v) is 3.74. The molecule has 1 N–H and O–H groups in total. The highest BCUT2D eigenvalue weighted by Crippen LogP contribution is 2.30. The van der Waals surface area contributed by atoms with Gasteiger partial charge in [0.05, 0.1) is 18.5 Å². The van der Waals surface area contributed by atoms with Gasteiger partial charge in [0.25, 0.3) is 0 Å². The molecule has 3 aromatic carbocycles. The summed E-state index contributed by atoms with van der Waals surface area (Å²) in [5, 5.41) is 12.9. The fourth-order valence-electron chi connectivity index (χ4n) is 3.74. The lowest BCUT2D eigenvalue weighted by atomic mass is 10.0. The predicted molar refractivity (Wildman–Crippen MR) is 129 cm³/mol. The number of benzene rings is 3. The maximum atomic E-state index is 14.0. The van der Waals surface area contributed by atoms with Crippen LogP contribution in [0.4, 0.5) is 4.39 Å². The molecule has 0 aliphatic rings. The van der Waals surface area contributed by atoms with Crippen LogP contribution in [0.3, 0.4) is 0 Å². The van der Waals surface area contributed by atoms with Gasteiger partial charge in [-0.15, -0.1) is 0 Å². The molecule has 1 atom stereocenters. The molecule has 0 amide bonds. The van der Waals surface area contributed by atoms with Gasteiger partial charge in [0.1, 0.15) is 23.4 Å². The van der Waals surface area contributed by atoms with Gasteiger partial charge in [-0.25, -0.2) is 4.39 Å². The number of carboxylic acid groups (broad SMARTS) is 1. The maximum Gasteiger partial charge on any atom is 0.311 e. The second-order valence-electron chi connectivity index (χ2n) is 8.25. The minimum absolute atomic E-state index is 0.0521. The van der Waals surface area contributed by atoms with E-state index in [0.29, 0.717) is 45.2 Å². The summed E-state index contributed by atoms with van der Waals surface area (Å²) in [6.45, 7) is 3.36. The van der Waals surface area contributed by atoms with Crippen molar-refractivity contribution in [1.82, 2.24) is 5.16 Å². The van der Waals surface area contributed by atoms with Gasteiger partial charge in [-0.1, -0.05) is 35.5 Å². The quantitative estimate of drug-likeness (QED) is 0.286. The van der Waals surface area contributed by atoms with E-state index in [4.69, 9.17) is 19.1 Å². The molecule has 1 heterocycles. The molecule has 0 fully saturated rings. The summed E-state index contributed by atoms with van der Waals surface area (Å²) in [5.74, 6) is -0.273. The maximum absolute atomic E-state index is 14.0. The number of nitrogens with zero attached hydrogens (tertiary/aromatic N) is 1. The summed E-state index contributed by atoms with van der Waals surface area (Å²) in [7, 11) is 0. The van der Waals surface area contributed by atoms with E-state index in [-0.39, 0.29) is 12.8 Å². The zero-order valence-corrected chi connectivity index (χ0v) is 19.7. The van der Waals surface area contributed by atoms with Crippen LogP contribution in [0.25, 0.3) is 11.3 Å². The van der Waals surface area contributed by atoms with Crippen LogP contribution in [0, 0.1) is 12.7 Å². The molecule has 0 unspecified atom stereocenters. The van der Waals surface area contributed by atoms with Gasteiger partial charge in [0.15, 0.2) is 5.76 Å². The number of aromatic nitrogens is 1. The summed E-state index contributed by atoms with van der Waals surface area (Å²) in [5.41, 5.74) is 2.83. The highest BCUT2D eigenvalue weighted by atomic mass is 19.1. The van der Waals surface area contributed by atoms with Crippen LogP contribution in [0.5, 0.6) is 11.5 Å². The van der Waals surface area contributed by atoms with Gasteiger partial charge in [0.2, 0.25) is 0 Å². The third-order valence-electron chi connectivity index (χ3n) is 5.59. The predicted octanol–water partition coefficient (Wildman–Crippen LogP) is 6.06. The molecule has 0 spiro atoms. The molecule has 8 heteroatoms. The van der Waals surface area contributed by atoms with Crippen molar-refractivity contribution in [2.24, 2.45) is 0 Å². The zero-order valence-electron chi connectivity index (χ0n) is 19.7. The summed E-state index contributed by atoms with van der Waals surface area (Å²) < 4.78 is 30.8. The molecule has 184 valence electrons. The Morgan fingerprint density at radius 3 is 2.25 bits per heavy atom. The second kappa shape index (κ2) is 10.9. The van der Waals surface area contributed by atoms with Crippen LogP contribution in [0.1, 0.15) is 35.4 Å². The van der Waals surface area contributed by atoms with Crippen molar-refractivity contribution in [3.05, 3.63) is 101 Å². The first-order valence-electron chi connectivity index (χ1n) is 11.3. The smallest absolute Gasteiger partial charge is 0.311 e. The number of ether oxygens (including phenoxy) is 2. The molecule has 1 aromatic heterocycles. The molecule has 36 heavy (non-hydrogen) atoms. The van der Waals surface area contributed by atoms with E-state index in [1.807, 2.05) is 0 Å². The standard InChI is InChI=1S/C28H24FNO6/c1-17-24(16-27(33)34-18(2)23-5-3-4-6-25(23)29)28(36-30-17)20-9-13-22(14-10-20)35-21-11-7-19(8-12-21)15-26(31)32/h3-14,18H,15-16H2,1-2H3,(H,31,32)/t18-/m1/s1. The highest BCUT2D eigenvalue weighted by molar-refractivity contribution is 5.77. The van der Waals surface area contributed by atoms with Crippen molar-refractivity contribution in [3.8, 4) is 22.8 Å². The minimum atomic E-state index is -0.894. The molecule has 0 aliphatic heterocycles. The first-order chi connectivity index (χ1) is 17.3. The van der Waals surface area contributed by atoms with Gasteiger partial charge < -0.3 is 19.1 Å². The van der Waals surface area contributed by atoms with Crippen LogP contribution < -0.4 is 4.74 Å². The number of carboxylic acids is 1. The fraction of sp³-hybridized carbons (Fsp3) is 0.179. The van der Waals surface area contributed by atoms with E-state index >= 15 is 0 Å². The van der Waals surface area contributed by atoms with Crippen LogP contribution in [0.15, 0.2) is 77.3 Å². The Morgan fingerprint density at radius 1 is 0.972 bits per heavy atom. The molecule has 0 saturated carbocycles. The number of esters is 1. The summed E-state index contributed by atoms with van der Waals surface area (Å²) in [6, 6.07) is 20.1. The van der Waals surface area contributed by atoms with Gasteiger partial charge >= 0.3 is 11.9 Å². The van der Waals surface area contributed by atoms with Gasteiger partial charge in [-0.3, -0.25) is 9.59 Å². The Bertz CT molecular complexity index is 1360. The number of rotatable bonds is 9. The van der Waals surface area contributed by atoms with E-state index in [0.717, 1.165) is 0 Å². The van der Waals surface area contributed by atoms with Gasteiger partial charge in [-0.2, -0.15) is 0 Å². The van der Waals surface area contributed by atoms with Crippen LogP contribution in [0.2, 0.25) is 0 Å². The topological polar surface area (TPSA) is 98.9 Å². The molecule has 0 saturated heterocycles. The van der Waals surface area contributed by atoms with Crippen molar-refractivity contribution < 1.29 is 33.1 Å². The summed E-state index contributed by atoms with van der Waals surface area (Å²) >= 11 is 0. The molecule has 0 aliphatic carbocycles. The molecule has 4 rings (SSSR count). The van der Waals surface area contributed by atoms with E-state index in [1.165, 1.54) is 6.07 Å². The van der Waals surface area contributed by atoms with Crippen LogP contribution >= 0.6 is 0 Å². The van der Waals surface area contributed by atoms with Crippen molar-refractivity contribution in [3.63, 3.8) is 0 Å². The summed E-state index contributed by atoms with van der Waals surface area (Å²) in [4.78, 5) is 23.4. The number of aryl methyl sites for hydroxylation is 1. The average molecular weight is 489 g/mol. The number of carbonyl (C=O) groups excluding carboxylic acids is 1. The largest absolute Gasteiger partial charge is 0.481 e. The molecular formula is C28H24FNO6. The Kier molecular flexibility index (Phi) is 7.44. The Balaban J connectivity index is 1.43. The van der Waals surface area contributed by atoms with Crippen LogP contribution in [-0.2, 0) is 27.2 Å². The zero-order chi connectivity index (χ0) is 25.7. The third kappa shape index (κ3) is 5.96. The van der Waals surface area contributed by atoms with Gasteiger partial charge in [0, 0.05) is 16.7 Å². The number of halogens is 1. The lowest BCUT2D eigenvalue weighted by Gasteiger charge is -2.14. The second-order valence-corrected chi connectivity index (χ2v) is 8.25. The lowest BCUT2D eigenvalue weighted by molar-refractivity contribution is -0.147. The number of hydrogen-bond acceptors (Lipinski definition) is 6. The monoisotopic (exact) mass is 489 g/mol. The molecule has 0 bridgehead atoms. The normalized spacial score (nSPS) is 11.6. The SMILES string of the molecule is Cc1noc(-c2ccc(Oc3ccc(CC(=O)O)cc3)cc2)c1CC(=O)O[C@H](C)c1ccccc1F. The molecule has 7 nitrogen and oxygen atoms in total. The number of carbonyl (C=O) groups is 2. The minimum Gasteiger partial charge on any atom is -0.481 e. The average Bonchev–Trinajstić information content (AvgIpc) is 3.20. The summed E-state index contributed by atoms with van der Waals surface area (Å²) in [6.07, 6.45) is -0.870. The van der Waals surface area contributed by atoms with E-state index in [1.54, 1.807) is 80.6 Å². The van der Waals surface area contributed by atoms with Crippen molar-refractivity contribution in [1.29, 1.82) is 0 Å². The van der Waals surface area contributed by atoms with Crippen molar-refractivity contribution in [2.45, 2.75) is 32.8 Å². The Labute approximate surface area is 207 Å². The van der Waals surface area contributed by atoms with Crippen molar-refractivity contribution in [2.75, 3.05) is 0 Å². The molecule has 0 radical (unpaired) electrons. The molecular weight excluding hydrogens is 465 g/mol. The van der Waals surface area contributed by atoms with Gasteiger partial charge in [-0.05, 0) is 61.9 Å². The van der Waals surface area contributed by atoms with E-state index in [2.05, 4.69) is 5.16 Å².